The molecule has 7 nitrogen and oxygen atoms in total. The number of pyridine rings is 2. The first-order valence-electron chi connectivity index (χ1n) is 10.7. The van der Waals surface area contributed by atoms with E-state index in [2.05, 4.69) is 31.2 Å². The highest BCUT2D eigenvalue weighted by molar-refractivity contribution is 6.17. The minimum Gasteiger partial charge on any atom is -0.386 e. The van der Waals surface area contributed by atoms with Gasteiger partial charge in [-0.05, 0) is 31.0 Å². The second-order valence-electron chi connectivity index (χ2n) is 8.91. The summed E-state index contributed by atoms with van der Waals surface area (Å²) in [6.07, 6.45) is 7.18. The van der Waals surface area contributed by atoms with E-state index >= 15 is 0 Å². The first-order chi connectivity index (χ1) is 15.5. The van der Waals surface area contributed by atoms with Crippen molar-refractivity contribution in [1.29, 1.82) is 5.26 Å². The molecule has 1 spiro atoms. The van der Waals surface area contributed by atoms with Crippen molar-refractivity contribution in [3.05, 3.63) is 48.2 Å². The van der Waals surface area contributed by atoms with Gasteiger partial charge < -0.3 is 20.9 Å². The van der Waals surface area contributed by atoms with Crippen LogP contribution in [-0.4, -0.2) is 41.1 Å². The van der Waals surface area contributed by atoms with E-state index in [4.69, 9.17) is 5.73 Å². The van der Waals surface area contributed by atoms with Crippen LogP contribution >= 0.6 is 0 Å². The van der Waals surface area contributed by atoms with Crippen LogP contribution in [0, 0.1) is 22.6 Å². The largest absolute Gasteiger partial charge is 0.386 e. The lowest BCUT2D eigenvalue weighted by Crippen LogP contribution is -2.23. The van der Waals surface area contributed by atoms with E-state index in [1.54, 1.807) is 25.5 Å². The van der Waals surface area contributed by atoms with Crippen LogP contribution in [0.5, 0.6) is 0 Å². The Kier molecular flexibility index (Phi) is 3.95. The average molecular weight is 427 g/mol. The molecule has 32 heavy (non-hydrogen) atoms. The Labute approximate surface area is 184 Å². The molecule has 8 heteroatoms. The number of nitrogens with zero attached hydrogens (tertiary/aromatic N) is 4. The molecule has 1 aliphatic heterocycles. The second kappa shape index (κ2) is 6.65. The van der Waals surface area contributed by atoms with E-state index in [9.17, 15) is 9.65 Å². The second-order valence-corrected chi connectivity index (χ2v) is 8.91. The summed E-state index contributed by atoms with van der Waals surface area (Å²) in [4.78, 5) is 14.7. The van der Waals surface area contributed by atoms with Crippen LogP contribution in [-0.2, 0) is 0 Å². The van der Waals surface area contributed by atoms with Crippen LogP contribution < -0.4 is 16.0 Å². The molecule has 4 N–H and O–H groups in total. The van der Waals surface area contributed by atoms with Crippen molar-refractivity contribution < 1.29 is 4.39 Å². The molecule has 1 unspecified atom stereocenters. The normalized spacial score (nSPS) is 22.1. The molecule has 160 valence electrons. The molecule has 2 atom stereocenters. The number of rotatable bonds is 3. The molecular formula is C24H22FN7. The molecule has 0 amide bonds. The molecule has 1 saturated carbocycles. The van der Waals surface area contributed by atoms with Gasteiger partial charge in [0.25, 0.3) is 0 Å². The van der Waals surface area contributed by atoms with Crippen LogP contribution in [0.25, 0.3) is 33.1 Å². The highest BCUT2D eigenvalue weighted by Gasteiger charge is 2.55. The Morgan fingerprint density at radius 2 is 2.16 bits per heavy atom. The average Bonchev–Trinajstić information content (AvgIpc) is 3.13. The summed E-state index contributed by atoms with van der Waals surface area (Å²) in [5.41, 5.74) is 11.8. The summed E-state index contributed by atoms with van der Waals surface area (Å²) >= 11 is 0. The lowest BCUT2D eigenvalue weighted by atomic mass is 10.0. The molecule has 4 aromatic rings. The number of aromatic nitrogens is 3. The lowest BCUT2D eigenvalue weighted by Gasteiger charge is -2.23. The van der Waals surface area contributed by atoms with E-state index in [0.717, 1.165) is 59.0 Å². The maximum absolute atomic E-state index is 14.6. The van der Waals surface area contributed by atoms with Gasteiger partial charge in [0.1, 0.15) is 17.5 Å². The summed E-state index contributed by atoms with van der Waals surface area (Å²) in [5, 5.41) is 14.1. The maximum Gasteiger partial charge on any atom is 0.140 e. The molecule has 2 fully saturated rings. The Hall–Kier alpha value is -3.70. The Morgan fingerprint density at radius 3 is 2.88 bits per heavy atom. The molecule has 6 rings (SSSR count). The van der Waals surface area contributed by atoms with Crippen molar-refractivity contribution in [2.24, 2.45) is 11.1 Å². The summed E-state index contributed by atoms with van der Waals surface area (Å²) in [6, 6.07) is 7.25. The molecule has 2 aliphatic rings. The Balaban J connectivity index is 1.66. The SMILES string of the molecule is CNc1cc(F)cc2c1[nH]c1ncc(-c3cncc(C#N)c3)c(N3CCC4(C[C@@H]4N)C3)c12. The van der Waals surface area contributed by atoms with E-state index in [1.165, 1.54) is 6.07 Å². The first kappa shape index (κ1) is 19.0. The highest BCUT2D eigenvalue weighted by Crippen LogP contribution is 2.54. The summed E-state index contributed by atoms with van der Waals surface area (Å²) < 4.78 is 14.6. The Bertz CT molecular complexity index is 1440. The smallest absolute Gasteiger partial charge is 0.140 e. The zero-order valence-electron chi connectivity index (χ0n) is 17.6. The monoisotopic (exact) mass is 427 g/mol. The number of halogens is 1. The van der Waals surface area contributed by atoms with E-state index in [0.29, 0.717) is 16.9 Å². The zero-order valence-corrected chi connectivity index (χ0v) is 17.6. The first-order valence-corrected chi connectivity index (χ1v) is 10.7. The molecule has 1 aromatic carbocycles. The van der Waals surface area contributed by atoms with Crippen LogP contribution in [0.15, 0.2) is 36.8 Å². The molecule has 0 bridgehead atoms. The fourth-order valence-corrected chi connectivity index (χ4v) is 5.23. The highest BCUT2D eigenvalue weighted by atomic mass is 19.1. The number of anilines is 2. The summed E-state index contributed by atoms with van der Waals surface area (Å²) in [5.74, 6) is -0.311. The van der Waals surface area contributed by atoms with Gasteiger partial charge in [0.05, 0.1) is 27.8 Å². The summed E-state index contributed by atoms with van der Waals surface area (Å²) in [7, 11) is 1.78. The van der Waals surface area contributed by atoms with Gasteiger partial charge >= 0.3 is 0 Å². The van der Waals surface area contributed by atoms with Gasteiger partial charge in [0, 0.05) is 66.7 Å². The summed E-state index contributed by atoms with van der Waals surface area (Å²) in [6.45, 7) is 1.72. The molecule has 0 radical (unpaired) electrons. The minimum absolute atomic E-state index is 0.160. The number of nitrogens with one attached hydrogen (secondary N) is 2. The van der Waals surface area contributed by atoms with Gasteiger partial charge in [-0.2, -0.15) is 5.26 Å². The number of benzene rings is 1. The van der Waals surface area contributed by atoms with Gasteiger partial charge in [0.2, 0.25) is 0 Å². The zero-order chi connectivity index (χ0) is 22.0. The predicted molar refractivity (Wildman–Crippen MR) is 123 cm³/mol. The molecule has 4 heterocycles. The third kappa shape index (κ3) is 2.68. The van der Waals surface area contributed by atoms with E-state index in [1.807, 2.05) is 12.3 Å². The number of hydrogen-bond acceptors (Lipinski definition) is 6. The van der Waals surface area contributed by atoms with E-state index in [-0.39, 0.29) is 17.3 Å². The van der Waals surface area contributed by atoms with Crippen molar-refractivity contribution >= 4 is 33.3 Å². The van der Waals surface area contributed by atoms with Crippen molar-refractivity contribution in [3.8, 4) is 17.2 Å². The number of hydrogen-bond donors (Lipinski definition) is 3. The number of fused-ring (bicyclic) bond motifs is 3. The maximum atomic E-state index is 14.6. The van der Waals surface area contributed by atoms with E-state index < -0.39 is 0 Å². The topological polar surface area (TPSA) is 107 Å². The number of nitrogens with two attached hydrogens (primary N) is 1. The minimum atomic E-state index is -0.311. The quantitative estimate of drug-likeness (QED) is 0.460. The van der Waals surface area contributed by atoms with Gasteiger partial charge in [-0.3, -0.25) is 4.98 Å². The molecule has 3 aromatic heterocycles. The third-order valence-corrected chi connectivity index (χ3v) is 7.07. The van der Waals surface area contributed by atoms with Crippen molar-refractivity contribution in [3.63, 3.8) is 0 Å². The number of aromatic amines is 1. The van der Waals surface area contributed by atoms with Gasteiger partial charge in [-0.15, -0.1) is 0 Å². The van der Waals surface area contributed by atoms with Crippen molar-refractivity contribution in [1.82, 2.24) is 15.0 Å². The van der Waals surface area contributed by atoms with Gasteiger partial charge in [0.15, 0.2) is 0 Å². The van der Waals surface area contributed by atoms with Crippen molar-refractivity contribution in [2.45, 2.75) is 18.9 Å². The van der Waals surface area contributed by atoms with Crippen LogP contribution in [0.3, 0.4) is 0 Å². The van der Waals surface area contributed by atoms with Crippen LogP contribution in [0.2, 0.25) is 0 Å². The number of nitriles is 1. The Morgan fingerprint density at radius 1 is 1.31 bits per heavy atom. The standard InChI is InChI=1S/C24H22FN7/c1-28-18-6-15(25)5-16-20-22(32-3-2-24(12-32)7-19(24)27)17(11-30-23(20)31-21(16)18)14-4-13(8-26)9-29-10-14/h4-6,9-11,19,28H,2-3,7,12,27H2,1H3,(H,30,31)/t19-,24?/m0/s1. The molecule has 1 saturated heterocycles. The molecular weight excluding hydrogens is 405 g/mol. The van der Waals surface area contributed by atoms with Gasteiger partial charge in [-0.25, -0.2) is 9.37 Å². The lowest BCUT2D eigenvalue weighted by molar-refractivity contribution is 0.553. The fraction of sp³-hybridized carbons (Fsp3) is 0.292. The molecule has 1 aliphatic carbocycles. The van der Waals surface area contributed by atoms with Gasteiger partial charge in [-0.1, -0.05) is 0 Å². The van der Waals surface area contributed by atoms with Crippen LogP contribution in [0.1, 0.15) is 18.4 Å². The predicted octanol–water partition coefficient (Wildman–Crippen LogP) is 3.76. The van der Waals surface area contributed by atoms with Crippen molar-refractivity contribution in [2.75, 3.05) is 30.4 Å². The fourth-order valence-electron chi connectivity index (χ4n) is 5.23. The number of H-pyrrole nitrogens is 1. The third-order valence-electron chi connectivity index (χ3n) is 7.07. The van der Waals surface area contributed by atoms with Crippen LogP contribution in [0.4, 0.5) is 15.8 Å².